The molecular formula is C18H28N4O2. The molecule has 0 bridgehead atoms. The molecule has 2 aliphatic heterocycles. The molecule has 1 aromatic heterocycles. The van der Waals surface area contributed by atoms with Gasteiger partial charge < -0.3 is 9.64 Å². The molecule has 6 nitrogen and oxygen atoms in total. The first-order chi connectivity index (χ1) is 11.6. The Morgan fingerprint density at radius 1 is 1.21 bits per heavy atom. The lowest BCUT2D eigenvalue weighted by molar-refractivity contribution is -0.150. The van der Waals surface area contributed by atoms with E-state index in [-0.39, 0.29) is 12.0 Å². The number of ether oxygens (including phenoxy) is 1. The van der Waals surface area contributed by atoms with Crippen molar-refractivity contribution >= 4 is 5.91 Å². The van der Waals surface area contributed by atoms with Crippen LogP contribution in [0.25, 0.3) is 0 Å². The topological polar surface area (TPSA) is 58.6 Å². The van der Waals surface area contributed by atoms with Crippen molar-refractivity contribution < 1.29 is 9.53 Å². The third-order valence-corrected chi connectivity index (χ3v) is 4.74. The van der Waals surface area contributed by atoms with E-state index in [9.17, 15) is 4.79 Å². The lowest BCUT2D eigenvalue weighted by atomic mass is 10.1. The third kappa shape index (κ3) is 4.30. The molecule has 2 fully saturated rings. The molecule has 0 radical (unpaired) electrons. The zero-order chi connectivity index (χ0) is 16.9. The van der Waals surface area contributed by atoms with Crippen molar-refractivity contribution in [3.8, 4) is 0 Å². The lowest BCUT2D eigenvalue weighted by Crippen LogP contribution is -2.51. The van der Waals surface area contributed by atoms with Crippen LogP contribution < -0.4 is 0 Å². The average Bonchev–Trinajstić information content (AvgIpc) is 2.62. The zero-order valence-corrected chi connectivity index (χ0v) is 14.8. The first-order valence-electron chi connectivity index (χ1n) is 9.07. The first-order valence-corrected chi connectivity index (χ1v) is 9.07. The fraction of sp³-hybridized carbons (Fsp3) is 0.722. The van der Waals surface area contributed by atoms with Crippen molar-refractivity contribution in [2.45, 2.75) is 51.7 Å². The maximum Gasteiger partial charge on any atom is 0.253 e. The van der Waals surface area contributed by atoms with E-state index in [0.717, 1.165) is 50.4 Å². The van der Waals surface area contributed by atoms with Gasteiger partial charge in [0.2, 0.25) is 0 Å². The number of carbonyl (C=O) groups is 1. The predicted octanol–water partition coefficient (Wildman–Crippen LogP) is 1.81. The van der Waals surface area contributed by atoms with Gasteiger partial charge in [-0.25, -0.2) is 9.97 Å². The van der Waals surface area contributed by atoms with Crippen LogP contribution in [-0.4, -0.2) is 64.6 Å². The molecule has 2 saturated heterocycles. The Morgan fingerprint density at radius 2 is 1.92 bits per heavy atom. The van der Waals surface area contributed by atoms with Crippen LogP contribution in [0.5, 0.6) is 0 Å². The van der Waals surface area contributed by atoms with Gasteiger partial charge in [0.05, 0.1) is 6.61 Å². The van der Waals surface area contributed by atoms with E-state index in [2.05, 4.69) is 28.7 Å². The number of aromatic nitrogens is 2. The summed E-state index contributed by atoms with van der Waals surface area (Å²) >= 11 is 0. The highest BCUT2D eigenvalue weighted by atomic mass is 16.5. The van der Waals surface area contributed by atoms with E-state index in [1.807, 2.05) is 17.3 Å². The predicted molar refractivity (Wildman–Crippen MR) is 91.6 cm³/mol. The van der Waals surface area contributed by atoms with Crippen molar-refractivity contribution in [3.63, 3.8) is 0 Å². The van der Waals surface area contributed by atoms with Gasteiger partial charge in [-0.05, 0) is 19.3 Å². The minimum Gasteiger partial charge on any atom is -0.366 e. The highest BCUT2D eigenvalue weighted by molar-refractivity contribution is 5.81. The van der Waals surface area contributed by atoms with Crippen molar-refractivity contribution in [2.75, 3.05) is 32.8 Å². The second-order valence-corrected chi connectivity index (χ2v) is 7.08. The molecule has 1 atom stereocenters. The van der Waals surface area contributed by atoms with E-state index < -0.39 is 0 Å². The number of morpholine rings is 1. The monoisotopic (exact) mass is 332 g/mol. The summed E-state index contributed by atoms with van der Waals surface area (Å²) < 4.78 is 5.75. The Labute approximate surface area is 144 Å². The highest BCUT2D eigenvalue weighted by Gasteiger charge is 2.30. The lowest BCUT2D eigenvalue weighted by Gasteiger charge is -2.36. The van der Waals surface area contributed by atoms with Gasteiger partial charge in [0.1, 0.15) is 11.9 Å². The van der Waals surface area contributed by atoms with Crippen LogP contribution in [0.15, 0.2) is 12.4 Å². The van der Waals surface area contributed by atoms with Crippen LogP contribution in [-0.2, 0) is 16.1 Å². The standard InChI is InChI=1S/C18H28N4O2/c1-14(2)17-19-10-15(11-20-17)12-21-8-9-24-16(13-21)18(23)22-6-4-3-5-7-22/h10-11,14,16H,3-9,12-13H2,1-2H3. The molecule has 3 rings (SSSR count). The van der Waals surface area contributed by atoms with E-state index in [1.165, 1.54) is 6.42 Å². The minimum atomic E-state index is -0.326. The number of piperidine rings is 1. The summed E-state index contributed by atoms with van der Waals surface area (Å²) in [6, 6.07) is 0. The van der Waals surface area contributed by atoms with E-state index in [0.29, 0.717) is 19.1 Å². The zero-order valence-electron chi connectivity index (χ0n) is 14.8. The van der Waals surface area contributed by atoms with Crippen LogP contribution in [0.4, 0.5) is 0 Å². The SMILES string of the molecule is CC(C)c1ncc(CN2CCOC(C(=O)N3CCCCC3)C2)cn1. The van der Waals surface area contributed by atoms with Gasteiger partial charge in [-0.15, -0.1) is 0 Å². The Balaban J connectivity index is 1.55. The molecule has 0 N–H and O–H groups in total. The fourth-order valence-corrected chi connectivity index (χ4v) is 3.32. The molecule has 0 saturated carbocycles. The van der Waals surface area contributed by atoms with Gasteiger partial charge >= 0.3 is 0 Å². The Kier molecular flexibility index (Phi) is 5.79. The third-order valence-electron chi connectivity index (χ3n) is 4.74. The molecule has 0 aliphatic carbocycles. The van der Waals surface area contributed by atoms with Gasteiger partial charge in [-0.3, -0.25) is 9.69 Å². The molecular weight excluding hydrogens is 304 g/mol. The van der Waals surface area contributed by atoms with Crippen LogP contribution in [0.2, 0.25) is 0 Å². The summed E-state index contributed by atoms with van der Waals surface area (Å²) in [5.41, 5.74) is 1.09. The molecule has 1 unspecified atom stereocenters. The van der Waals surface area contributed by atoms with Gasteiger partial charge in [0.25, 0.3) is 5.91 Å². The smallest absolute Gasteiger partial charge is 0.253 e. The summed E-state index contributed by atoms with van der Waals surface area (Å²) in [5, 5.41) is 0. The molecule has 2 aliphatic rings. The van der Waals surface area contributed by atoms with E-state index >= 15 is 0 Å². The maximum absolute atomic E-state index is 12.6. The summed E-state index contributed by atoms with van der Waals surface area (Å²) in [4.78, 5) is 25.7. The highest BCUT2D eigenvalue weighted by Crippen LogP contribution is 2.16. The quantitative estimate of drug-likeness (QED) is 0.842. The number of amides is 1. The van der Waals surface area contributed by atoms with Gasteiger partial charge in [-0.1, -0.05) is 13.8 Å². The van der Waals surface area contributed by atoms with Gasteiger partial charge in [0, 0.05) is 56.6 Å². The average molecular weight is 332 g/mol. The summed E-state index contributed by atoms with van der Waals surface area (Å²) in [6.45, 7) is 8.81. The molecule has 3 heterocycles. The van der Waals surface area contributed by atoms with Crippen molar-refractivity contribution in [1.29, 1.82) is 0 Å². The molecule has 1 aromatic rings. The van der Waals surface area contributed by atoms with E-state index in [1.54, 1.807) is 0 Å². The van der Waals surface area contributed by atoms with Gasteiger partial charge in [0.15, 0.2) is 0 Å². The summed E-state index contributed by atoms with van der Waals surface area (Å²) in [5.74, 6) is 1.37. The Morgan fingerprint density at radius 3 is 2.58 bits per heavy atom. The molecule has 6 heteroatoms. The van der Waals surface area contributed by atoms with Gasteiger partial charge in [-0.2, -0.15) is 0 Å². The molecule has 1 amide bonds. The number of rotatable bonds is 4. The van der Waals surface area contributed by atoms with Crippen LogP contribution in [0, 0.1) is 0 Å². The largest absolute Gasteiger partial charge is 0.366 e. The van der Waals surface area contributed by atoms with Crippen LogP contribution in [0.1, 0.15) is 50.4 Å². The van der Waals surface area contributed by atoms with Crippen molar-refractivity contribution in [3.05, 3.63) is 23.8 Å². The molecule has 0 spiro atoms. The second-order valence-electron chi connectivity index (χ2n) is 7.08. The van der Waals surface area contributed by atoms with Crippen molar-refractivity contribution in [1.82, 2.24) is 19.8 Å². The fourth-order valence-electron chi connectivity index (χ4n) is 3.32. The first kappa shape index (κ1) is 17.3. The van der Waals surface area contributed by atoms with E-state index in [4.69, 9.17) is 4.74 Å². The summed E-state index contributed by atoms with van der Waals surface area (Å²) in [6.07, 6.45) is 6.93. The summed E-state index contributed by atoms with van der Waals surface area (Å²) in [7, 11) is 0. The molecule has 24 heavy (non-hydrogen) atoms. The second kappa shape index (κ2) is 8.03. The van der Waals surface area contributed by atoms with Crippen molar-refractivity contribution in [2.24, 2.45) is 0 Å². The maximum atomic E-state index is 12.6. The van der Waals surface area contributed by atoms with Crippen LogP contribution in [0.3, 0.4) is 0 Å². The Bertz CT molecular complexity index is 540. The number of hydrogen-bond acceptors (Lipinski definition) is 5. The number of nitrogens with zero attached hydrogens (tertiary/aromatic N) is 4. The minimum absolute atomic E-state index is 0.158. The molecule has 132 valence electrons. The Hall–Kier alpha value is -1.53. The number of likely N-dealkylation sites (tertiary alicyclic amines) is 1. The van der Waals surface area contributed by atoms with Crippen LogP contribution >= 0.6 is 0 Å². The normalized spacial score (nSPS) is 22.8. The number of carbonyl (C=O) groups excluding carboxylic acids is 1. The number of hydrogen-bond donors (Lipinski definition) is 0. The molecule has 0 aromatic carbocycles.